The zero-order valence-corrected chi connectivity index (χ0v) is 9.20. The van der Waals surface area contributed by atoms with Gasteiger partial charge in [-0.2, -0.15) is 0 Å². The lowest BCUT2D eigenvalue weighted by atomic mass is 10.3. The molecule has 1 aliphatic heterocycles. The maximum atomic E-state index is 11.0. The van der Waals surface area contributed by atoms with E-state index in [2.05, 4.69) is 5.32 Å². The Morgan fingerprint density at radius 2 is 2.23 bits per heavy atom. The van der Waals surface area contributed by atoms with Crippen molar-refractivity contribution in [1.29, 1.82) is 0 Å². The van der Waals surface area contributed by atoms with Crippen LogP contribution in [-0.2, 0) is 14.6 Å². The molecule has 1 N–H and O–H groups in total. The molecule has 1 heterocycles. The summed E-state index contributed by atoms with van der Waals surface area (Å²) in [6.07, 6.45) is 0.742. The van der Waals surface area contributed by atoms with Crippen LogP contribution in [0.5, 0.6) is 0 Å². The Balaban J connectivity index is 0.00000144. The van der Waals surface area contributed by atoms with Gasteiger partial charge in [0.15, 0.2) is 9.84 Å². The van der Waals surface area contributed by atoms with E-state index in [0.29, 0.717) is 12.4 Å². The van der Waals surface area contributed by atoms with E-state index in [-0.39, 0.29) is 24.2 Å². The molecular weight excluding hydrogens is 214 g/mol. The smallest absolute Gasteiger partial charge is 0.151 e. The lowest BCUT2D eigenvalue weighted by Crippen LogP contribution is -3.00. The zero-order valence-electron chi connectivity index (χ0n) is 7.62. The van der Waals surface area contributed by atoms with Crippen molar-refractivity contribution in [2.45, 2.75) is 12.5 Å². The van der Waals surface area contributed by atoms with Gasteiger partial charge in [0.05, 0.1) is 18.1 Å². The second kappa shape index (κ2) is 5.80. The van der Waals surface area contributed by atoms with Crippen molar-refractivity contribution < 1.29 is 25.6 Å². The summed E-state index contributed by atoms with van der Waals surface area (Å²) < 4.78 is 26.8. The summed E-state index contributed by atoms with van der Waals surface area (Å²) in [6.45, 7) is 1.37. The average molecular weight is 229 g/mol. The van der Waals surface area contributed by atoms with Gasteiger partial charge in [0.2, 0.25) is 0 Å². The second-order valence-corrected chi connectivity index (χ2v) is 5.28. The van der Waals surface area contributed by atoms with Crippen LogP contribution < -0.4 is 17.7 Å². The molecule has 0 spiro atoms. The van der Waals surface area contributed by atoms with E-state index in [1.807, 2.05) is 0 Å². The van der Waals surface area contributed by atoms with Crippen LogP contribution >= 0.6 is 0 Å². The normalized spacial score (nSPS) is 25.5. The first-order valence-corrected chi connectivity index (χ1v) is 5.89. The van der Waals surface area contributed by atoms with Gasteiger partial charge in [-0.15, -0.1) is 0 Å². The lowest BCUT2D eigenvalue weighted by Gasteiger charge is -2.08. The monoisotopic (exact) mass is 228 g/mol. The van der Waals surface area contributed by atoms with Crippen molar-refractivity contribution in [3.05, 3.63) is 0 Å². The van der Waals surface area contributed by atoms with Crippen molar-refractivity contribution in [3.8, 4) is 0 Å². The van der Waals surface area contributed by atoms with Gasteiger partial charge < -0.3 is 22.5 Å². The SMILES string of the molecule is COCCNC1CCS(=O)(=O)C1.[Cl-]. The number of hydrogen-bond donors (Lipinski definition) is 1. The third-order valence-electron chi connectivity index (χ3n) is 1.97. The van der Waals surface area contributed by atoms with Gasteiger partial charge in [0.1, 0.15) is 0 Å². The van der Waals surface area contributed by atoms with Crippen LogP contribution in [-0.4, -0.2) is 46.2 Å². The van der Waals surface area contributed by atoms with Crippen LogP contribution in [0.3, 0.4) is 0 Å². The molecule has 4 nitrogen and oxygen atoms in total. The molecule has 0 aliphatic carbocycles. The topological polar surface area (TPSA) is 55.4 Å². The van der Waals surface area contributed by atoms with Gasteiger partial charge in [-0.25, -0.2) is 8.42 Å². The molecule has 0 bridgehead atoms. The average Bonchev–Trinajstić information content (AvgIpc) is 2.31. The molecule has 1 aliphatic rings. The molecule has 1 rings (SSSR count). The molecule has 80 valence electrons. The van der Waals surface area contributed by atoms with E-state index in [9.17, 15) is 8.42 Å². The Kier molecular flexibility index (Phi) is 5.87. The molecule has 0 aromatic rings. The number of sulfone groups is 1. The fraction of sp³-hybridized carbons (Fsp3) is 1.00. The summed E-state index contributed by atoms with van der Waals surface area (Å²) in [6, 6.07) is 0.144. The fourth-order valence-corrected chi connectivity index (χ4v) is 3.03. The maximum absolute atomic E-state index is 11.0. The lowest BCUT2D eigenvalue weighted by molar-refractivity contribution is -0.00000538. The number of hydrogen-bond acceptors (Lipinski definition) is 4. The summed E-state index contributed by atoms with van der Waals surface area (Å²) >= 11 is 0. The van der Waals surface area contributed by atoms with E-state index in [1.165, 1.54) is 0 Å². The molecule has 0 aromatic heterocycles. The minimum Gasteiger partial charge on any atom is -1.00 e. The Hall–Kier alpha value is 0.160. The minimum absolute atomic E-state index is 0. The van der Waals surface area contributed by atoms with Crippen LogP contribution in [0.25, 0.3) is 0 Å². The van der Waals surface area contributed by atoms with Crippen molar-refractivity contribution in [2.75, 3.05) is 31.8 Å². The number of nitrogens with one attached hydrogen (secondary N) is 1. The Bertz CT molecular complexity index is 230. The highest BCUT2D eigenvalue weighted by Gasteiger charge is 2.26. The zero-order chi connectivity index (χ0) is 9.03. The highest BCUT2D eigenvalue weighted by molar-refractivity contribution is 7.91. The predicted molar refractivity (Wildman–Crippen MR) is 46.9 cm³/mol. The fourth-order valence-electron chi connectivity index (χ4n) is 1.32. The summed E-state index contributed by atoms with van der Waals surface area (Å²) in [4.78, 5) is 0. The number of rotatable bonds is 4. The molecule has 1 saturated heterocycles. The Labute approximate surface area is 85.4 Å². The van der Waals surface area contributed by atoms with E-state index in [1.54, 1.807) is 7.11 Å². The maximum Gasteiger partial charge on any atom is 0.151 e. The van der Waals surface area contributed by atoms with Crippen LogP contribution in [0, 0.1) is 0 Å². The standard InChI is InChI=1S/C7H15NO3S.ClH/c1-11-4-3-8-7-2-5-12(9,10)6-7;/h7-8H,2-6H2,1H3;1H/p-1. The molecule has 1 unspecified atom stereocenters. The predicted octanol–water partition coefficient (Wildman–Crippen LogP) is -3.59. The quantitative estimate of drug-likeness (QED) is 0.506. The van der Waals surface area contributed by atoms with E-state index in [0.717, 1.165) is 13.0 Å². The van der Waals surface area contributed by atoms with Crippen molar-refractivity contribution in [1.82, 2.24) is 5.32 Å². The molecule has 1 fully saturated rings. The highest BCUT2D eigenvalue weighted by atomic mass is 35.5. The molecule has 0 saturated carbocycles. The minimum atomic E-state index is -2.74. The van der Waals surface area contributed by atoms with Crippen molar-refractivity contribution >= 4 is 9.84 Å². The molecule has 6 heteroatoms. The first kappa shape index (κ1) is 13.2. The second-order valence-electron chi connectivity index (χ2n) is 3.05. The number of methoxy groups -OCH3 is 1. The summed E-state index contributed by atoms with van der Waals surface area (Å²) in [7, 11) is -1.10. The van der Waals surface area contributed by atoms with Gasteiger partial charge in [-0.3, -0.25) is 0 Å². The Morgan fingerprint density at radius 3 is 2.69 bits per heavy atom. The number of halogens is 1. The van der Waals surface area contributed by atoms with Gasteiger partial charge in [0.25, 0.3) is 0 Å². The van der Waals surface area contributed by atoms with Crippen LogP contribution in [0.2, 0.25) is 0 Å². The molecule has 0 radical (unpaired) electrons. The molecule has 13 heavy (non-hydrogen) atoms. The molecular formula is C7H15ClNO3S-. The van der Waals surface area contributed by atoms with Gasteiger partial charge in [-0.1, -0.05) is 0 Å². The summed E-state index contributed by atoms with van der Waals surface area (Å²) in [5.74, 6) is 0.619. The van der Waals surface area contributed by atoms with Crippen molar-refractivity contribution in [2.24, 2.45) is 0 Å². The summed E-state index contributed by atoms with van der Waals surface area (Å²) in [5.41, 5.74) is 0. The largest absolute Gasteiger partial charge is 1.00 e. The highest BCUT2D eigenvalue weighted by Crippen LogP contribution is 2.10. The summed E-state index contributed by atoms with van der Waals surface area (Å²) in [5, 5.41) is 3.13. The van der Waals surface area contributed by atoms with Crippen molar-refractivity contribution in [3.63, 3.8) is 0 Å². The molecule has 1 atom stereocenters. The number of ether oxygens (including phenoxy) is 1. The Morgan fingerprint density at radius 1 is 1.54 bits per heavy atom. The van der Waals surface area contributed by atoms with Crippen LogP contribution in [0.1, 0.15) is 6.42 Å². The third kappa shape index (κ3) is 4.81. The van der Waals surface area contributed by atoms with E-state index >= 15 is 0 Å². The van der Waals surface area contributed by atoms with Crippen LogP contribution in [0.4, 0.5) is 0 Å². The first-order valence-electron chi connectivity index (χ1n) is 4.07. The van der Waals surface area contributed by atoms with Gasteiger partial charge in [-0.05, 0) is 6.42 Å². The first-order chi connectivity index (χ1) is 5.64. The molecule has 0 aromatic carbocycles. The molecule has 0 amide bonds. The van der Waals surface area contributed by atoms with Gasteiger partial charge in [0, 0.05) is 19.7 Å². The van der Waals surface area contributed by atoms with E-state index < -0.39 is 9.84 Å². The van der Waals surface area contributed by atoms with Crippen LogP contribution in [0.15, 0.2) is 0 Å². The van der Waals surface area contributed by atoms with E-state index in [4.69, 9.17) is 4.74 Å². The third-order valence-corrected chi connectivity index (χ3v) is 3.74. The van der Waals surface area contributed by atoms with Gasteiger partial charge >= 0.3 is 0 Å².